The van der Waals surface area contributed by atoms with E-state index in [4.69, 9.17) is 21.1 Å². The SMILES string of the molecule is COc1ccc2sc(N(CC3CCCO3)C(=O)CCCS(=O)(=O)c3ccc(Cl)cc3)nc2c1. The summed E-state index contributed by atoms with van der Waals surface area (Å²) >= 11 is 7.28. The number of benzene rings is 2. The number of methoxy groups -OCH3 is 1. The predicted octanol–water partition coefficient (Wildman–Crippen LogP) is 4.72. The van der Waals surface area contributed by atoms with Gasteiger partial charge in [0, 0.05) is 24.1 Å². The molecule has 1 fully saturated rings. The number of halogens is 1. The molecule has 7 nitrogen and oxygen atoms in total. The van der Waals surface area contributed by atoms with Crippen molar-refractivity contribution in [2.75, 3.05) is 30.9 Å². The lowest BCUT2D eigenvalue weighted by Crippen LogP contribution is -2.37. The molecule has 1 aromatic heterocycles. The van der Waals surface area contributed by atoms with Crippen molar-refractivity contribution in [3.05, 3.63) is 47.5 Å². The van der Waals surface area contributed by atoms with Gasteiger partial charge >= 0.3 is 0 Å². The van der Waals surface area contributed by atoms with Gasteiger partial charge in [-0.3, -0.25) is 9.69 Å². The Morgan fingerprint density at radius 3 is 2.76 bits per heavy atom. The lowest BCUT2D eigenvalue weighted by molar-refractivity contribution is -0.119. The highest BCUT2D eigenvalue weighted by atomic mass is 35.5. The molecule has 1 aliphatic heterocycles. The predicted molar refractivity (Wildman–Crippen MR) is 130 cm³/mol. The number of carbonyl (C=O) groups is 1. The maximum absolute atomic E-state index is 13.2. The van der Waals surface area contributed by atoms with Crippen molar-refractivity contribution in [2.24, 2.45) is 0 Å². The third-order valence-electron chi connectivity index (χ3n) is 5.50. The van der Waals surface area contributed by atoms with Crippen LogP contribution in [0.4, 0.5) is 5.13 Å². The third kappa shape index (κ3) is 5.84. The van der Waals surface area contributed by atoms with Gasteiger partial charge < -0.3 is 9.47 Å². The molecule has 1 unspecified atom stereocenters. The van der Waals surface area contributed by atoms with Gasteiger partial charge in [-0.2, -0.15) is 0 Å². The first-order valence-electron chi connectivity index (χ1n) is 10.7. The van der Waals surface area contributed by atoms with E-state index < -0.39 is 9.84 Å². The van der Waals surface area contributed by atoms with E-state index >= 15 is 0 Å². The van der Waals surface area contributed by atoms with Gasteiger partial charge in [0.2, 0.25) is 5.91 Å². The first-order valence-corrected chi connectivity index (χ1v) is 13.6. The van der Waals surface area contributed by atoms with Crippen LogP contribution in [0.3, 0.4) is 0 Å². The molecule has 1 saturated heterocycles. The van der Waals surface area contributed by atoms with Crippen LogP contribution >= 0.6 is 22.9 Å². The molecular formula is C23H25ClN2O5S2. The van der Waals surface area contributed by atoms with Gasteiger partial charge in [-0.25, -0.2) is 13.4 Å². The number of ether oxygens (including phenoxy) is 2. The van der Waals surface area contributed by atoms with Gasteiger partial charge in [0.1, 0.15) is 5.75 Å². The molecule has 2 heterocycles. The number of aromatic nitrogens is 1. The summed E-state index contributed by atoms with van der Waals surface area (Å²) in [6, 6.07) is 11.7. The fourth-order valence-electron chi connectivity index (χ4n) is 3.72. The molecule has 0 saturated carbocycles. The van der Waals surface area contributed by atoms with Crippen molar-refractivity contribution in [2.45, 2.75) is 36.7 Å². The van der Waals surface area contributed by atoms with Gasteiger partial charge in [-0.1, -0.05) is 22.9 Å². The highest BCUT2D eigenvalue weighted by molar-refractivity contribution is 7.91. The summed E-state index contributed by atoms with van der Waals surface area (Å²) < 4.78 is 37.2. The third-order valence-corrected chi connectivity index (χ3v) is 8.63. The minimum absolute atomic E-state index is 0.0479. The Bertz CT molecular complexity index is 1220. The van der Waals surface area contributed by atoms with Crippen LogP contribution in [0.2, 0.25) is 5.02 Å². The maximum Gasteiger partial charge on any atom is 0.228 e. The first kappa shape index (κ1) is 23.9. The summed E-state index contributed by atoms with van der Waals surface area (Å²) in [4.78, 5) is 19.7. The van der Waals surface area contributed by atoms with E-state index in [0.717, 1.165) is 23.1 Å². The number of hydrogen-bond acceptors (Lipinski definition) is 7. The monoisotopic (exact) mass is 508 g/mol. The number of fused-ring (bicyclic) bond motifs is 1. The fraction of sp³-hybridized carbons (Fsp3) is 0.391. The van der Waals surface area contributed by atoms with Crippen LogP contribution in [0.25, 0.3) is 10.2 Å². The van der Waals surface area contributed by atoms with Crippen LogP contribution in [-0.2, 0) is 19.4 Å². The molecule has 0 radical (unpaired) electrons. The Kier molecular flexibility index (Phi) is 7.53. The summed E-state index contributed by atoms with van der Waals surface area (Å²) in [6.07, 6.45) is 2.10. The van der Waals surface area contributed by atoms with Crippen LogP contribution in [-0.4, -0.2) is 51.4 Å². The molecule has 0 bridgehead atoms. The first-order chi connectivity index (χ1) is 15.9. The molecule has 1 atom stereocenters. The number of anilines is 1. The van der Waals surface area contributed by atoms with Gasteiger partial charge in [0.25, 0.3) is 0 Å². The van der Waals surface area contributed by atoms with E-state index in [0.29, 0.717) is 29.1 Å². The van der Waals surface area contributed by atoms with Crippen molar-refractivity contribution in [1.82, 2.24) is 4.98 Å². The van der Waals surface area contributed by atoms with Gasteiger partial charge in [-0.05, 0) is 55.7 Å². The summed E-state index contributed by atoms with van der Waals surface area (Å²) in [5.74, 6) is 0.414. The minimum atomic E-state index is -3.49. The number of amides is 1. The molecule has 0 spiro atoms. The summed E-state index contributed by atoms with van der Waals surface area (Å²) in [5, 5.41) is 1.06. The maximum atomic E-state index is 13.2. The van der Waals surface area contributed by atoms with Crippen molar-refractivity contribution < 1.29 is 22.7 Å². The smallest absolute Gasteiger partial charge is 0.228 e. The Morgan fingerprint density at radius 2 is 2.06 bits per heavy atom. The number of nitrogens with zero attached hydrogens (tertiary/aromatic N) is 2. The topological polar surface area (TPSA) is 85.8 Å². The minimum Gasteiger partial charge on any atom is -0.497 e. The lowest BCUT2D eigenvalue weighted by atomic mass is 10.2. The van der Waals surface area contributed by atoms with E-state index in [1.54, 1.807) is 24.1 Å². The second kappa shape index (κ2) is 10.4. The normalized spacial score (nSPS) is 16.2. The van der Waals surface area contributed by atoms with E-state index in [-0.39, 0.29) is 35.5 Å². The number of carbonyl (C=O) groups excluding carboxylic acids is 1. The summed E-state index contributed by atoms with van der Waals surface area (Å²) in [7, 11) is -1.90. The standard InChI is InChI=1S/C23H25ClN2O5S2/c1-30-17-8-11-21-20(14-17)25-23(32-21)26(15-18-4-2-12-31-18)22(27)5-3-13-33(28,29)19-9-6-16(24)7-10-19/h6-11,14,18H,2-5,12-13,15H2,1H3. The van der Waals surface area contributed by atoms with Crippen molar-refractivity contribution in [3.8, 4) is 5.75 Å². The molecule has 2 aromatic carbocycles. The zero-order valence-electron chi connectivity index (χ0n) is 18.2. The number of thiazole rings is 1. The number of hydrogen-bond donors (Lipinski definition) is 0. The summed E-state index contributed by atoms with van der Waals surface area (Å²) in [5.41, 5.74) is 0.754. The van der Waals surface area contributed by atoms with Crippen LogP contribution in [0.5, 0.6) is 5.75 Å². The Balaban J connectivity index is 1.48. The Labute approximate surface area is 202 Å². The van der Waals surface area contributed by atoms with Crippen LogP contribution in [0, 0.1) is 0 Å². The van der Waals surface area contributed by atoms with Crippen LogP contribution < -0.4 is 9.64 Å². The van der Waals surface area contributed by atoms with Gasteiger partial charge in [0.15, 0.2) is 15.0 Å². The molecule has 33 heavy (non-hydrogen) atoms. The molecule has 0 aliphatic carbocycles. The van der Waals surface area contributed by atoms with Crippen molar-refractivity contribution in [3.63, 3.8) is 0 Å². The van der Waals surface area contributed by atoms with E-state index in [1.165, 1.54) is 23.5 Å². The molecule has 3 aromatic rings. The second-order valence-corrected chi connectivity index (χ2v) is 11.4. The second-order valence-electron chi connectivity index (χ2n) is 7.85. The Morgan fingerprint density at radius 1 is 1.27 bits per heavy atom. The van der Waals surface area contributed by atoms with E-state index in [9.17, 15) is 13.2 Å². The molecule has 10 heteroatoms. The zero-order chi connectivity index (χ0) is 23.4. The highest BCUT2D eigenvalue weighted by Crippen LogP contribution is 2.32. The van der Waals surface area contributed by atoms with Gasteiger partial charge in [0.05, 0.1) is 40.6 Å². The largest absolute Gasteiger partial charge is 0.497 e. The van der Waals surface area contributed by atoms with Crippen molar-refractivity contribution in [1.29, 1.82) is 0 Å². The van der Waals surface area contributed by atoms with Crippen LogP contribution in [0.15, 0.2) is 47.4 Å². The average molecular weight is 509 g/mol. The molecule has 4 rings (SSSR count). The molecular weight excluding hydrogens is 484 g/mol. The quantitative estimate of drug-likeness (QED) is 0.415. The summed E-state index contributed by atoms with van der Waals surface area (Å²) in [6.45, 7) is 1.09. The zero-order valence-corrected chi connectivity index (χ0v) is 20.6. The van der Waals surface area contributed by atoms with Gasteiger partial charge in [-0.15, -0.1) is 0 Å². The highest BCUT2D eigenvalue weighted by Gasteiger charge is 2.26. The fourth-order valence-corrected chi connectivity index (χ4v) is 6.13. The molecule has 1 amide bonds. The van der Waals surface area contributed by atoms with E-state index in [2.05, 4.69) is 4.98 Å². The molecule has 0 N–H and O–H groups in total. The van der Waals surface area contributed by atoms with E-state index in [1.807, 2.05) is 18.2 Å². The molecule has 1 aliphatic rings. The van der Waals surface area contributed by atoms with Crippen LogP contribution in [0.1, 0.15) is 25.7 Å². The van der Waals surface area contributed by atoms with Crippen molar-refractivity contribution >= 4 is 54.0 Å². The Hall–Kier alpha value is -2.20. The number of sulfone groups is 1. The number of rotatable bonds is 9. The molecule has 176 valence electrons. The average Bonchev–Trinajstić information content (AvgIpc) is 3.46. The lowest BCUT2D eigenvalue weighted by Gasteiger charge is -2.23.